The Balaban J connectivity index is 2.97. The topological polar surface area (TPSA) is 52.6 Å². The Morgan fingerprint density at radius 2 is 2.25 bits per heavy atom. The normalized spacial score (nSPS) is 17.4. The summed E-state index contributed by atoms with van der Waals surface area (Å²) in [5, 5.41) is 0. The van der Waals surface area contributed by atoms with Gasteiger partial charge >= 0.3 is 11.9 Å². The molecule has 0 aromatic rings. The molecule has 0 saturated heterocycles. The molecule has 0 aliphatic carbocycles. The van der Waals surface area contributed by atoms with Gasteiger partial charge in [0.25, 0.3) is 0 Å². The minimum absolute atomic E-state index is 0.258. The van der Waals surface area contributed by atoms with Crippen LogP contribution in [0.5, 0.6) is 0 Å². The summed E-state index contributed by atoms with van der Waals surface area (Å²) in [5.41, 5.74) is 0.335. The Morgan fingerprint density at radius 3 is 2.62 bits per heavy atom. The van der Waals surface area contributed by atoms with Crippen LogP contribution in [0.1, 0.15) is 26.7 Å². The van der Waals surface area contributed by atoms with Gasteiger partial charge in [0, 0.05) is 6.92 Å². The zero-order valence-corrected chi connectivity index (χ0v) is 10.8. The van der Waals surface area contributed by atoms with E-state index < -0.39 is 18.0 Å². The number of carbonyl (C=O) groups excluding carboxylic acids is 2. The van der Waals surface area contributed by atoms with Gasteiger partial charge in [-0.15, -0.1) is 0 Å². The van der Waals surface area contributed by atoms with Gasteiger partial charge in [0.05, 0.1) is 10.1 Å². The highest BCUT2D eigenvalue weighted by atomic mass is 79.9. The third-order valence-corrected chi connectivity index (χ3v) is 2.97. The van der Waals surface area contributed by atoms with Crippen molar-refractivity contribution in [3.05, 3.63) is 22.4 Å². The number of hydrogen-bond donors (Lipinski definition) is 0. The first kappa shape index (κ1) is 13.0. The molecular formula is C11H13BrO4. The Bertz CT molecular complexity index is 370. The molecule has 0 amide bonds. The van der Waals surface area contributed by atoms with Gasteiger partial charge < -0.3 is 9.47 Å². The van der Waals surface area contributed by atoms with Crippen molar-refractivity contribution >= 4 is 27.9 Å². The number of halogens is 1. The van der Waals surface area contributed by atoms with E-state index in [1.54, 1.807) is 0 Å². The average molecular weight is 289 g/mol. The molecule has 1 aliphatic heterocycles. The maximum Gasteiger partial charge on any atom is 0.344 e. The lowest BCUT2D eigenvalue weighted by Crippen LogP contribution is -2.22. The van der Waals surface area contributed by atoms with Crippen molar-refractivity contribution in [2.75, 3.05) is 0 Å². The molecule has 0 N–H and O–H groups in total. The molecule has 0 spiro atoms. The molecule has 1 aliphatic rings. The van der Waals surface area contributed by atoms with Crippen molar-refractivity contribution in [3.8, 4) is 0 Å². The lowest BCUT2D eigenvalue weighted by molar-refractivity contribution is -0.146. The highest BCUT2D eigenvalue weighted by Gasteiger charge is 2.34. The van der Waals surface area contributed by atoms with Crippen molar-refractivity contribution in [3.63, 3.8) is 0 Å². The van der Waals surface area contributed by atoms with Gasteiger partial charge in [0.1, 0.15) is 11.9 Å². The Kier molecular flexibility index (Phi) is 4.29. The van der Waals surface area contributed by atoms with Crippen molar-refractivity contribution in [1.82, 2.24) is 0 Å². The lowest BCUT2D eigenvalue weighted by Gasteiger charge is -2.15. The van der Waals surface area contributed by atoms with Crippen LogP contribution in [0.25, 0.3) is 0 Å². The minimum atomic E-state index is -0.566. The fourth-order valence-corrected chi connectivity index (χ4v) is 1.95. The van der Waals surface area contributed by atoms with Crippen molar-refractivity contribution < 1.29 is 19.1 Å². The molecule has 0 saturated carbocycles. The van der Waals surface area contributed by atoms with Crippen LogP contribution in [0.2, 0.25) is 0 Å². The fraction of sp³-hybridized carbons (Fsp3) is 0.455. The second-order valence-corrected chi connectivity index (χ2v) is 4.22. The van der Waals surface area contributed by atoms with E-state index in [2.05, 4.69) is 22.5 Å². The number of esters is 2. The number of carbonyl (C=O) groups is 2. The molecule has 0 radical (unpaired) electrons. The van der Waals surface area contributed by atoms with Crippen LogP contribution in [-0.4, -0.2) is 18.0 Å². The molecule has 0 fully saturated rings. The van der Waals surface area contributed by atoms with Crippen LogP contribution in [0.4, 0.5) is 0 Å². The van der Waals surface area contributed by atoms with E-state index in [9.17, 15) is 9.59 Å². The minimum Gasteiger partial charge on any atom is -0.457 e. The number of cyclic esters (lactones) is 1. The summed E-state index contributed by atoms with van der Waals surface area (Å²) in [6, 6.07) is 0. The standard InChI is InChI=1S/C11H13BrO4/c1-4-5-8(16-7(3)13)9-10(12)6(2)15-11(9)14/h8H,2,4-5H2,1,3H3. The smallest absolute Gasteiger partial charge is 0.344 e. The van der Waals surface area contributed by atoms with E-state index in [0.29, 0.717) is 16.5 Å². The summed E-state index contributed by atoms with van der Waals surface area (Å²) in [5.74, 6) is -0.665. The molecule has 0 bridgehead atoms. The second kappa shape index (κ2) is 5.30. The van der Waals surface area contributed by atoms with E-state index >= 15 is 0 Å². The second-order valence-electron chi connectivity index (χ2n) is 3.43. The number of rotatable bonds is 4. The van der Waals surface area contributed by atoms with E-state index in [1.807, 2.05) is 6.92 Å². The molecule has 0 aromatic heterocycles. The number of hydrogen-bond acceptors (Lipinski definition) is 4. The van der Waals surface area contributed by atoms with Crippen molar-refractivity contribution in [2.24, 2.45) is 0 Å². The molecule has 1 rings (SSSR count). The van der Waals surface area contributed by atoms with Gasteiger partial charge in [-0.1, -0.05) is 19.9 Å². The van der Waals surface area contributed by atoms with Crippen LogP contribution in [-0.2, 0) is 19.1 Å². The third kappa shape index (κ3) is 2.72. The van der Waals surface area contributed by atoms with Crippen LogP contribution >= 0.6 is 15.9 Å². The first-order chi connectivity index (χ1) is 7.47. The molecule has 16 heavy (non-hydrogen) atoms. The maximum atomic E-state index is 11.5. The number of ether oxygens (including phenoxy) is 2. The zero-order chi connectivity index (χ0) is 12.3. The largest absolute Gasteiger partial charge is 0.457 e. The Labute approximate surface area is 102 Å². The van der Waals surface area contributed by atoms with Crippen molar-refractivity contribution in [1.29, 1.82) is 0 Å². The predicted molar refractivity (Wildman–Crippen MR) is 61.6 cm³/mol. The molecule has 1 unspecified atom stereocenters. The molecular weight excluding hydrogens is 276 g/mol. The van der Waals surface area contributed by atoms with Gasteiger partial charge in [0.2, 0.25) is 0 Å². The highest BCUT2D eigenvalue weighted by Crippen LogP contribution is 2.33. The van der Waals surface area contributed by atoms with Crippen LogP contribution < -0.4 is 0 Å². The summed E-state index contributed by atoms with van der Waals surface area (Å²) < 4.78 is 10.4. The van der Waals surface area contributed by atoms with Crippen molar-refractivity contribution in [2.45, 2.75) is 32.8 Å². The van der Waals surface area contributed by atoms with Gasteiger partial charge in [0.15, 0.2) is 0 Å². The third-order valence-electron chi connectivity index (χ3n) is 2.10. The summed E-state index contributed by atoms with van der Waals surface area (Å²) in [7, 11) is 0. The molecule has 88 valence electrons. The van der Waals surface area contributed by atoms with E-state index in [1.165, 1.54) is 6.92 Å². The average Bonchev–Trinajstić information content (AvgIpc) is 2.40. The van der Waals surface area contributed by atoms with Gasteiger partial charge in [-0.25, -0.2) is 4.79 Å². The molecule has 0 aromatic carbocycles. The van der Waals surface area contributed by atoms with E-state index in [-0.39, 0.29) is 5.76 Å². The first-order valence-electron chi connectivity index (χ1n) is 4.95. The van der Waals surface area contributed by atoms with E-state index in [4.69, 9.17) is 9.47 Å². The summed E-state index contributed by atoms with van der Waals surface area (Å²) in [6.07, 6.45) is 0.803. The fourth-order valence-electron chi connectivity index (χ4n) is 1.45. The summed E-state index contributed by atoms with van der Waals surface area (Å²) >= 11 is 3.21. The summed E-state index contributed by atoms with van der Waals surface area (Å²) in [4.78, 5) is 22.5. The van der Waals surface area contributed by atoms with Gasteiger partial charge in [-0.2, -0.15) is 0 Å². The van der Waals surface area contributed by atoms with E-state index in [0.717, 1.165) is 6.42 Å². The Hall–Kier alpha value is -1.10. The highest BCUT2D eigenvalue weighted by molar-refractivity contribution is 9.12. The number of allylic oxidation sites excluding steroid dienone is 1. The molecule has 1 heterocycles. The quantitative estimate of drug-likeness (QED) is 0.746. The maximum absolute atomic E-state index is 11.5. The molecule has 4 nitrogen and oxygen atoms in total. The lowest BCUT2D eigenvalue weighted by atomic mass is 10.1. The van der Waals surface area contributed by atoms with Gasteiger partial charge in [-0.3, -0.25) is 4.79 Å². The first-order valence-corrected chi connectivity index (χ1v) is 5.75. The van der Waals surface area contributed by atoms with Crippen LogP contribution in [0, 0.1) is 0 Å². The van der Waals surface area contributed by atoms with Gasteiger partial charge in [-0.05, 0) is 22.4 Å². The molecule has 1 atom stereocenters. The summed E-state index contributed by atoms with van der Waals surface area (Å²) in [6.45, 7) is 6.83. The zero-order valence-electron chi connectivity index (χ0n) is 9.21. The monoisotopic (exact) mass is 288 g/mol. The SMILES string of the molecule is C=C1OC(=O)C(C(CCC)OC(C)=O)=C1Br. The van der Waals surface area contributed by atoms with Crippen LogP contribution in [0.3, 0.4) is 0 Å². The Morgan fingerprint density at radius 1 is 1.62 bits per heavy atom. The predicted octanol–water partition coefficient (Wildman–Crippen LogP) is 2.44. The molecule has 5 heteroatoms. The van der Waals surface area contributed by atoms with Crippen LogP contribution in [0.15, 0.2) is 22.4 Å².